The molecule has 0 atom stereocenters. The van der Waals surface area contributed by atoms with Gasteiger partial charge in [0.2, 0.25) is 0 Å². The summed E-state index contributed by atoms with van der Waals surface area (Å²) in [5.41, 5.74) is 6.17. The normalized spacial score (nSPS) is 9.86. The van der Waals surface area contributed by atoms with Gasteiger partial charge in [0.1, 0.15) is 5.82 Å². The Kier molecular flexibility index (Phi) is 3.39. The van der Waals surface area contributed by atoms with E-state index >= 15 is 0 Å². The van der Waals surface area contributed by atoms with Crippen LogP contribution in [0.15, 0.2) is 12.4 Å². The van der Waals surface area contributed by atoms with E-state index in [1.54, 1.807) is 12.4 Å². The Labute approximate surface area is 83.5 Å². The van der Waals surface area contributed by atoms with Crippen molar-refractivity contribution in [2.24, 2.45) is 5.73 Å². The van der Waals surface area contributed by atoms with Gasteiger partial charge in [-0.3, -0.25) is 10.4 Å². The molecule has 14 heavy (non-hydrogen) atoms. The van der Waals surface area contributed by atoms with Crippen LogP contribution in [0.2, 0.25) is 0 Å². The number of hydrogen-bond donors (Lipinski definition) is 2. The molecule has 0 aliphatic carbocycles. The molecule has 1 aromatic rings. The minimum absolute atomic E-state index is 0.193. The highest BCUT2D eigenvalue weighted by atomic mass is 15.2. The van der Waals surface area contributed by atoms with Gasteiger partial charge in [0.15, 0.2) is 0 Å². The molecule has 0 radical (unpaired) electrons. The molecular formula is C9H15N5. The fraction of sp³-hybridized carbons (Fsp3) is 0.444. The van der Waals surface area contributed by atoms with Crippen LogP contribution in [0, 0.1) is 12.3 Å². The van der Waals surface area contributed by atoms with Crippen molar-refractivity contribution in [2.45, 2.75) is 13.3 Å². The smallest absolute Gasteiger partial charge is 0.149 e. The molecule has 0 aromatic carbocycles. The number of aromatic nitrogens is 2. The lowest BCUT2D eigenvalue weighted by atomic mass is 10.3. The van der Waals surface area contributed by atoms with Gasteiger partial charge >= 0.3 is 0 Å². The first-order valence-electron chi connectivity index (χ1n) is 4.43. The Bertz CT molecular complexity index is 323. The third-order valence-corrected chi connectivity index (χ3v) is 1.93. The number of anilines is 1. The van der Waals surface area contributed by atoms with Crippen molar-refractivity contribution < 1.29 is 0 Å². The molecule has 0 saturated carbocycles. The van der Waals surface area contributed by atoms with Crippen LogP contribution in [0.3, 0.4) is 0 Å². The van der Waals surface area contributed by atoms with E-state index in [1.165, 1.54) is 0 Å². The molecule has 0 bridgehead atoms. The first-order valence-corrected chi connectivity index (χ1v) is 4.43. The zero-order chi connectivity index (χ0) is 10.6. The van der Waals surface area contributed by atoms with Gasteiger partial charge in [0.25, 0.3) is 0 Å². The van der Waals surface area contributed by atoms with E-state index in [2.05, 4.69) is 9.97 Å². The maximum absolute atomic E-state index is 7.12. The predicted octanol–water partition coefficient (Wildman–Crippen LogP) is 0.547. The molecular weight excluding hydrogens is 178 g/mol. The van der Waals surface area contributed by atoms with E-state index in [4.69, 9.17) is 11.1 Å². The molecule has 0 saturated heterocycles. The highest BCUT2D eigenvalue weighted by Gasteiger charge is 2.05. The summed E-state index contributed by atoms with van der Waals surface area (Å²) in [4.78, 5) is 10.3. The van der Waals surface area contributed by atoms with Crippen LogP contribution in [-0.2, 0) is 0 Å². The van der Waals surface area contributed by atoms with Gasteiger partial charge in [-0.15, -0.1) is 0 Å². The molecule has 1 rings (SSSR count). The molecule has 5 heteroatoms. The second kappa shape index (κ2) is 4.55. The Balaban J connectivity index is 2.65. The van der Waals surface area contributed by atoms with Crippen LogP contribution in [0.1, 0.15) is 12.1 Å². The topological polar surface area (TPSA) is 78.9 Å². The summed E-state index contributed by atoms with van der Waals surface area (Å²) in [7, 11) is 1.92. The number of rotatable bonds is 4. The second-order valence-corrected chi connectivity index (χ2v) is 3.16. The molecule has 5 nitrogen and oxygen atoms in total. The molecule has 0 fully saturated rings. The summed E-state index contributed by atoms with van der Waals surface area (Å²) >= 11 is 0. The average Bonchev–Trinajstić information content (AvgIpc) is 2.15. The lowest BCUT2D eigenvalue weighted by Gasteiger charge is -2.18. The average molecular weight is 193 g/mol. The SMILES string of the molecule is Cc1nccnc1N(C)CCC(=N)N. The van der Waals surface area contributed by atoms with Crippen molar-refractivity contribution >= 4 is 11.7 Å². The number of nitrogens with two attached hydrogens (primary N) is 1. The molecule has 3 N–H and O–H groups in total. The Morgan fingerprint density at radius 2 is 2.14 bits per heavy atom. The van der Waals surface area contributed by atoms with Gasteiger partial charge in [-0.25, -0.2) is 4.98 Å². The molecule has 0 amide bonds. The summed E-state index contributed by atoms with van der Waals surface area (Å²) in [6.45, 7) is 2.60. The van der Waals surface area contributed by atoms with Gasteiger partial charge in [-0.05, 0) is 6.92 Å². The lowest BCUT2D eigenvalue weighted by molar-refractivity contribution is 0.873. The number of amidine groups is 1. The fourth-order valence-electron chi connectivity index (χ4n) is 1.17. The van der Waals surface area contributed by atoms with Crippen molar-refractivity contribution in [2.75, 3.05) is 18.5 Å². The van der Waals surface area contributed by atoms with Crippen molar-refractivity contribution in [3.8, 4) is 0 Å². The molecule has 76 valence electrons. The van der Waals surface area contributed by atoms with Gasteiger partial charge in [0.05, 0.1) is 11.5 Å². The van der Waals surface area contributed by atoms with E-state index in [9.17, 15) is 0 Å². The Morgan fingerprint density at radius 1 is 1.50 bits per heavy atom. The second-order valence-electron chi connectivity index (χ2n) is 3.16. The van der Waals surface area contributed by atoms with Gasteiger partial charge in [0, 0.05) is 32.4 Å². The van der Waals surface area contributed by atoms with Gasteiger partial charge in [-0.1, -0.05) is 0 Å². The highest BCUT2D eigenvalue weighted by molar-refractivity contribution is 5.77. The van der Waals surface area contributed by atoms with Crippen LogP contribution in [-0.4, -0.2) is 29.4 Å². The fourth-order valence-corrected chi connectivity index (χ4v) is 1.17. The van der Waals surface area contributed by atoms with Crippen LogP contribution in [0.5, 0.6) is 0 Å². The number of nitrogens with one attached hydrogen (secondary N) is 1. The van der Waals surface area contributed by atoms with E-state index in [1.807, 2.05) is 18.9 Å². The van der Waals surface area contributed by atoms with Crippen molar-refractivity contribution in [1.29, 1.82) is 5.41 Å². The molecule has 0 spiro atoms. The van der Waals surface area contributed by atoms with E-state index in [-0.39, 0.29) is 5.84 Å². The number of nitrogens with zero attached hydrogens (tertiary/aromatic N) is 3. The molecule has 1 heterocycles. The zero-order valence-corrected chi connectivity index (χ0v) is 8.49. The number of aryl methyl sites for hydroxylation is 1. The van der Waals surface area contributed by atoms with E-state index in [0.29, 0.717) is 13.0 Å². The van der Waals surface area contributed by atoms with Gasteiger partial charge < -0.3 is 10.6 Å². The van der Waals surface area contributed by atoms with Crippen LogP contribution in [0.25, 0.3) is 0 Å². The van der Waals surface area contributed by atoms with Crippen molar-refractivity contribution in [1.82, 2.24) is 9.97 Å². The monoisotopic (exact) mass is 193 g/mol. The Morgan fingerprint density at radius 3 is 2.71 bits per heavy atom. The molecule has 0 aliphatic rings. The quantitative estimate of drug-likeness (QED) is 0.540. The summed E-state index contributed by atoms with van der Waals surface area (Å²) in [5, 5.41) is 7.12. The Hall–Kier alpha value is -1.65. The summed E-state index contributed by atoms with van der Waals surface area (Å²) in [6, 6.07) is 0. The van der Waals surface area contributed by atoms with Gasteiger partial charge in [-0.2, -0.15) is 0 Å². The largest absolute Gasteiger partial charge is 0.388 e. The summed E-state index contributed by atoms with van der Waals surface area (Å²) < 4.78 is 0. The summed E-state index contributed by atoms with van der Waals surface area (Å²) in [6.07, 6.45) is 3.87. The van der Waals surface area contributed by atoms with E-state index < -0.39 is 0 Å². The maximum Gasteiger partial charge on any atom is 0.149 e. The standard InChI is InChI=1S/C9H15N5/c1-7-9(13-5-4-12-7)14(2)6-3-8(10)11/h4-5H,3,6H2,1-2H3,(H3,10,11). The third-order valence-electron chi connectivity index (χ3n) is 1.93. The first kappa shape index (κ1) is 10.4. The van der Waals surface area contributed by atoms with Crippen LogP contribution >= 0.6 is 0 Å². The minimum Gasteiger partial charge on any atom is -0.388 e. The molecule has 1 aromatic heterocycles. The van der Waals surface area contributed by atoms with E-state index in [0.717, 1.165) is 11.5 Å². The maximum atomic E-state index is 7.12. The predicted molar refractivity (Wildman–Crippen MR) is 56.6 cm³/mol. The van der Waals surface area contributed by atoms with Crippen molar-refractivity contribution in [3.05, 3.63) is 18.1 Å². The molecule has 0 aliphatic heterocycles. The minimum atomic E-state index is 0.193. The summed E-state index contributed by atoms with van der Waals surface area (Å²) in [5.74, 6) is 1.03. The highest BCUT2D eigenvalue weighted by Crippen LogP contribution is 2.11. The lowest BCUT2D eigenvalue weighted by Crippen LogP contribution is -2.25. The van der Waals surface area contributed by atoms with Crippen LogP contribution in [0.4, 0.5) is 5.82 Å². The third kappa shape index (κ3) is 2.69. The number of hydrogen-bond acceptors (Lipinski definition) is 4. The first-order chi connectivity index (χ1) is 6.61. The zero-order valence-electron chi connectivity index (χ0n) is 8.49. The van der Waals surface area contributed by atoms with Crippen molar-refractivity contribution in [3.63, 3.8) is 0 Å². The van der Waals surface area contributed by atoms with Crippen LogP contribution < -0.4 is 10.6 Å². The molecule has 0 unspecified atom stereocenters.